The number of carbonyl (C=O) groups excluding carboxylic acids is 1. The van der Waals surface area contributed by atoms with Crippen LogP contribution in [0.4, 0.5) is 0 Å². The number of aliphatic hydroxyl groups is 1. The van der Waals surface area contributed by atoms with Gasteiger partial charge < -0.3 is 32.3 Å². The molecule has 0 unspecified atom stereocenters. The van der Waals surface area contributed by atoms with Gasteiger partial charge in [-0.05, 0) is 12.8 Å². The van der Waals surface area contributed by atoms with Crippen molar-refractivity contribution in [1.82, 2.24) is 10.6 Å². The zero-order chi connectivity index (χ0) is 13.4. The van der Waals surface area contributed by atoms with E-state index in [-0.39, 0.29) is 12.4 Å². The van der Waals surface area contributed by atoms with Crippen LogP contribution in [0.1, 0.15) is 12.8 Å². The van der Waals surface area contributed by atoms with Gasteiger partial charge in [0.25, 0.3) is 0 Å². The normalized spacial score (nSPS) is 13.5. The molecule has 9 N–H and O–H groups in total. The van der Waals surface area contributed by atoms with Crippen molar-refractivity contribution in [2.24, 2.45) is 11.5 Å². The molecule has 9 nitrogen and oxygen atoms in total. The van der Waals surface area contributed by atoms with Crippen LogP contribution in [0.25, 0.3) is 0 Å². The molecular formula is C8H17N5O4. The molecule has 0 radical (unpaired) electrons. The molecule has 17 heavy (non-hydrogen) atoms. The number of nitrogens with one attached hydrogen (secondary N) is 3. The van der Waals surface area contributed by atoms with Crippen LogP contribution in [0.2, 0.25) is 0 Å². The van der Waals surface area contributed by atoms with Crippen molar-refractivity contribution < 1.29 is 19.8 Å². The molecule has 0 rings (SSSR count). The van der Waals surface area contributed by atoms with Crippen LogP contribution in [0.15, 0.2) is 0 Å². The number of aliphatic carboxylic acids is 1. The summed E-state index contributed by atoms with van der Waals surface area (Å²) in [6, 6.07) is -0.919. The third-order valence-corrected chi connectivity index (χ3v) is 1.86. The fourth-order valence-corrected chi connectivity index (χ4v) is 0.980. The van der Waals surface area contributed by atoms with Crippen molar-refractivity contribution in [3.63, 3.8) is 0 Å². The highest BCUT2D eigenvalue weighted by Crippen LogP contribution is 1.94. The van der Waals surface area contributed by atoms with Crippen LogP contribution in [0.3, 0.4) is 0 Å². The summed E-state index contributed by atoms with van der Waals surface area (Å²) < 4.78 is 0. The molecule has 0 spiro atoms. The second kappa shape index (κ2) is 7.41. The summed E-state index contributed by atoms with van der Waals surface area (Å²) in [5, 5.41) is 28.4. The minimum atomic E-state index is -1.95. The number of carboxylic acid groups (broad SMARTS) is 1. The first-order chi connectivity index (χ1) is 7.84. The Balaban J connectivity index is 3.82. The molecule has 98 valence electrons. The Morgan fingerprint density at radius 3 is 2.47 bits per heavy atom. The monoisotopic (exact) mass is 247 g/mol. The maximum atomic E-state index is 11.2. The van der Waals surface area contributed by atoms with Crippen LogP contribution in [-0.4, -0.2) is 46.9 Å². The molecule has 0 bridgehead atoms. The van der Waals surface area contributed by atoms with Crippen molar-refractivity contribution in [1.29, 1.82) is 5.41 Å². The number of aliphatic hydroxyl groups excluding tert-OH is 1. The van der Waals surface area contributed by atoms with Gasteiger partial charge in [0.15, 0.2) is 5.96 Å². The van der Waals surface area contributed by atoms with E-state index in [9.17, 15) is 9.59 Å². The highest BCUT2D eigenvalue weighted by Gasteiger charge is 2.20. The van der Waals surface area contributed by atoms with E-state index in [1.54, 1.807) is 0 Å². The number of carboxylic acids is 1. The van der Waals surface area contributed by atoms with Gasteiger partial charge in [-0.25, -0.2) is 4.79 Å². The summed E-state index contributed by atoms with van der Waals surface area (Å²) in [6.45, 7) is 0.387. The summed E-state index contributed by atoms with van der Waals surface area (Å²) >= 11 is 0. The Bertz CT molecular complexity index is 296. The molecule has 2 atom stereocenters. The maximum Gasteiger partial charge on any atom is 0.353 e. The van der Waals surface area contributed by atoms with Crippen molar-refractivity contribution in [3.8, 4) is 0 Å². The molecule has 0 saturated carbocycles. The standard InChI is InChI=1S/C8H17N5O4/c9-4(2-1-3-12-8(10)11)5(14)13-6(15)7(16)17/h4,6,15H,1-3,9H2,(H,13,14)(H,16,17)(H4,10,11,12)/t4-,6-/m0/s1. The lowest BCUT2D eigenvalue weighted by atomic mass is 10.1. The van der Waals surface area contributed by atoms with E-state index in [2.05, 4.69) is 5.32 Å². The summed E-state index contributed by atoms with van der Waals surface area (Å²) in [4.78, 5) is 21.5. The molecule has 9 heteroatoms. The largest absolute Gasteiger partial charge is 0.478 e. The van der Waals surface area contributed by atoms with Crippen molar-refractivity contribution in [2.45, 2.75) is 25.1 Å². The topological polar surface area (TPSA) is 175 Å². The highest BCUT2D eigenvalue weighted by atomic mass is 16.4. The SMILES string of the molecule is N=C(N)NCCC[C@H](N)C(=O)N[C@@H](O)C(=O)O. The second-order valence-corrected chi connectivity index (χ2v) is 3.34. The van der Waals surface area contributed by atoms with Crippen molar-refractivity contribution in [3.05, 3.63) is 0 Å². The minimum absolute atomic E-state index is 0.177. The fourth-order valence-electron chi connectivity index (χ4n) is 0.980. The molecule has 0 saturated heterocycles. The average Bonchev–Trinajstić information content (AvgIpc) is 2.23. The number of hydrogen-bond acceptors (Lipinski definition) is 5. The Labute approximate surface area is 97.7 Å². The number of amides is 1. The van der Waals surface area contributed by atoms with Gasteiger partial charge in [-0.15, -0.1) is 0 Å². The van der Waals surface area contributed by atoms with Crippen LogP contribution < -0.4 is 22.1 Å². The average molecular weight is 247 g/mol. The molecule has 0 aromatic rings. The number of hydrogen-bond donors (Lipinski definition) is 7. The van der Waals surface area contributed by atoms with Crippen molar-refractivity contribution in [2.75, 3.05) is 6.54 Å². The van der Waals surface area contributed by atoms with E-state index < -0.39 is 24.1 Å². The highest BCUT2D eigenvalue weighted by molar-refractivity contribution is 5.85. The summed E-state index contributed by atoms with van der Waals surface area (Å²) in [5.74, 6) is -2.48. The third-order valence-electron chi connectivity index (χ3n) is 1.86. The first-order valence-corrected chi connectivity index (χ1v) is 4.89. The quantitative estimate of drug-likeness (QED) is 0.109. The van der Waals surface area contributed by atoms with Crippen LogP contribution in [0.5, 0.6) is 0 Å². The van der Waals surface area contributed by atoms with E-state index in [0.29, 0.717) is 13.0 Å². The minimum Gasteiger partial charge on any atom is -0.478 e. The van der Waals surface area contributed by atoms with Gasteiger partial charge in [0.05, 0.1) is 6.04 Å². The maximum absolute atomic E-state index is 11.2. The van der Waals surface area contributed by atoms with Gasteiger partial charge in [-0.3, -0.25) is 10.2 Å². The fraction of sp³-hybridized carbons (Fsp3) is 0.625. The Morgan fingerprint density at radius 1 is 1.41 bits per heavy atom. The molecule has 0 heterocycles. The van der Waals surface area contributed by atoms with Gasteiger partial charge >= 0.3 is 5.97 Å². The molecule has 0 aliphatic heterocycles. The number of carbonyl (C=O) groups is 2. The van der Waals surface area contributed by atoms with Gasteiger partial charge in [-0.1, -0.05) is 0 Å². The molecule has 0 aliphatic carbocycles. The summed E-state index contributed by atoms with van der Waals surface area (Å²) in [5.41, 5.74) is 10.5. The predicted octanol–water partition coefficient (Wildman–Crippen LogP) is -2.90. The second-order valence-electron chi connectivity index (χ2n) is 3.34. The number of guanidine groups is 1. The van der Waals surface area contributed by atoms with Gasteiger partial charge in [0.2, 0.25) is 12.1 Å². The van der Waals surface area contributed by atoms with Crippen LogP contribution in [-0.2, 0) is 9.59 Å². The van der Waals surface area contributed by atoms with E-state index >= 15 is 0 Å². The lowest BCUT2D eigenvalue weighted by Crippen LogP contribution is -2.48. The number of rotatable bonds is 7. The van der Waals surface area contributed by atoms with E-state index in [1.807, 2.05) is 5.32 Å². The van der Waals surface area contributed by atoms with Gasteiger partial charge in [0.1, 0.15) is 0 Å². The van der Waals surface area contributed by atoms with E-state index in [4.69, 9.17) is 27.1 Å². The summed E-state index contributed by atoms with van der Waals surface area (Å²) in [7, 11) is 0. The third kappa shape index (κ3) is 7.09. The molecule has 0 aromatic heterocycles. The Kier molecular flexibility index (Phi) is 6.60. The predicted molar refractivity (Wildman–Crippen MR) is 58.9 cm³/mol. The van der Waals surface area contributed by atoms with Gasteiger partial charge in [-0.2, -0.15) is 0 Å². The zero-order valence-corrected chi connectivity index (χ0v) is 9.14. The number of nitrogens with two attached hydrogens (primary N) is 2. The molecule has 0 fully saturated rings. The zero-order valence-electron chi connectivity index (χ0n) is 9.14. The Morgan fingerprint density at radius 2 is 2.00 bits per heavy atom. The van der Waals surface area contributed by atoms with Crippen molar-refractivity contribution >= 4 is 17.8 Å². The van der Waals surface area contributed by atoms with E-state index in [0.717, 1.165) is 0 Å². The van der Waals surface area contributed by atoms with E-state index in [1.165, 1.54) is 0 Å². The molecule has 0 aliphatic rings. The lowest BCUT2D eigenvalue weighted by molar-refractivity contribution is -0.151. The first-order valence-electron chi connectivity index (χ1n) is 4.89. The van der Waals surface area contributed by atoms with Crippen LogP contribution in [0, 0.1) is 5.41 Å². The lowest BCUT2D eigenvalue weighted by Gasteiger charge is -2.14. The molecule has 1 amide bonds. The summed E-state index contributed by atoms with van der Waals surface area (Å²) in [6.07, 6.45) is -1.20. The molecular weight excluding hydrogens is 230 g/mol. The van der Waals surface area contributed by atoms with Gasteiger partial charge in [0, 0.05) is 6.54 Å². The first kappa shape index (κ1) is 15.1. The molecule has 0 aromatic carbocycles. The van der Waals surface area contributed by atoms with Crippen LogP contribution >= 0.6 is 0 Å². The smallest absolute Gasteiger partial charge is 0.353 e. The Hall–Kier alpha value is -1.87.